The van der Waals surface area contributed by atoms with Crippen LogP contribution in [0.1, 0.15) is 12.8 Å². The fourth-order valence-corrected chi connectivity index (χ4v) is 2.42. The van der Waals surface area contributed by atoms with Crippen LogP contribution >= 0.6 is 11.6 Å². The molecule has 78 valence electrons. The number of nitrogens with one attached hydrogen (secondary N) is 1. The number of anilines is 2. The molecule has 1 aromatic heterocycles. The third kappa shape index (κ3) is 1.28. The van der Waals surface area contributed by atoms with Crippen molar-refractivity contribution in [2.24, 2.45) is 0 Å². The summed E-state index contributed by atoms with van der Waals surface area (Å²) < 4.78 is 0. The number of carbonyl (C=O) groups is 1. The third-order valence-corrected chi connectivity index (χ3v) is 3.13. The summed E-state index contributed by atoms with van der Waals surface area (Å²) in [5.74, 6) is 0.908. The van der Waals surface area contributed by atoms with E-state index in [4.69, 9.17) is 11.6 Å². The lowest BCUT2D eigenvalue weighted by Crippen LogP contribution is -2.44. The van der Waals surface area contributed by atoms with E-state index in [1.807, 2.05) is 0 Å². The van der Waals surface area contributed by atoms with Gasteiger partial charge < -0.3 is 10.2 Å². The maximum Gasteiger partial charge on any atom is 0.247 e. The van der Waals surface area contributed by atoms with E-state index >= 15 is 0 Å². The fourth-order valence-electron chi connectivity index (χ4n) is 2.26. The molecule has 0 radical (unpaired) electrons. The lowest BCUT2D eigenvalue weighted by molar-refractivity contribution is -0.117. The van der Waals surface area contributed by atoms with Crippen LogP contribution in [0.3, 0.4) is 0 Å². The molecule has 2 aliphatic rings. The van der Waals surface area contributed by atoms with Gasteiger partial charge in [-0.3, -0.25) is 4.79 Å². The largest absolute Gasteiger partial charge is 0.343 e. The van der Waals surface area contributed by atoms with Gasteiger partial charge in [0.15, 0.2) is 5.82 Å². The molecule has 5 heteroatoms. The van der Waals surface area contributed by atoms with Gasteiger partial charge in [-0.2, -0.15) is 0 Å². The van der Waals surface area contributed by atoms with E-state index in [9.17, 15) is 4.79 Å². The molecule has 1 atom stereocenters. The van der Waals surface area contributed by atoms with Crippen LogP contribution in [0.15, 0.2) is 12.3 Å². The van der Waals surface area contributed by atoms with Crippen molar-refractivity contribution < 1.29 is 4.79 Å². The third-order valence-electron chi connectivity index (χ3n) is 2.92. The topological polar surface area (TPSA) is 45.2 Å². The van der Waals surface area contributed by atoms with Gasteiger partial charge in [0, 0.05) is 12.7 Å². The fraction of sp³-hybridized carbons (Fsp3) is 0.400. The molecule has 1 aromatic rings. The molecule has 2 aliphatic heterocycles. The highest BCUT2D eigenvalue weighted by molar-refractivity contribution is 6.31. The van der Waals surface area contributed by atoms with Gasteiger partial charge in [0.05, 0.1) is 10.7 Å². The van der Waals surface area contributed by atoms with Crippen molar-refractivity contribution in [3.8, 4) is 0 Å². The molecular weight excluding hydrogens is 214 g/mol. The molecule has 15 heavy (non-hydrogen) atoms. The van der Waals surface area contributed by atoms with E-state index in [1.165, 1.54) is 0 Å². The van der Waals surface area contributed by atoms with Crippen molar-refractivity contribution in [3.63, 3.8) is 0 Å². The second kappa shape index (κ2) is 3.10. The highest BCUT2D eigenvalue weighted by Crippen LogP contribution is 2.35. The van der Waals surface area contributed by atoms with Crippen molar-refractivity contribution in [2.75, 3.05) is 16.8 Å². The minimum atomic E-state index is -0.0359. The van der Waals surface area contributed by atoms with Crippen molar-refractivity contribution in [2.45, 2.75) is 18.9 Å². The Morgan fingerprint density at radius 1 is 1.60 bits per heavy atom. The first-order valence-corrected chi connectivity index (χ1v) is 5.36. The molecule has 1 N–H and O–H groups in total. The smallest absolute Gasteiger partial charge is 0.247 e. The molecule has 3 rings (SSSR count). The van der Waals surface area contributed by atoms with Gasteiger partial charge in [0.2, 0.25) is 5.91 Å². The van der Waals surface area contributed by atoms with Crippen LogP contribution in [0.2, 0.25) is 5.02 Å². The van der Waals surface area contributed by atoms with E-state index < -0.39 is 0 Å². The molecule has 0 spiro atoms. The first-order valence-electron chi connectivity index (χ1n) is 4.99. The summed E-state index contributed by atoms with van der Waals surface area (Å²) in [6.07, 6.45) is 3.57. The highest BCUT2D eigenvalue weighted by Gasteiger charge is 2.37. The Hall–Kier alpha value is -1.29. The molecule has 3 heterocycles. The lowest BCUT2D eigenvalue weighted by atomic mass is 10.1. The summed E-state index contributed by atoms with van der Waals surface area (Å²) in [4.78, 5) is 18.1. The number of aromatic nitrogens is 1. The average Bonchev–Trinajstić information content (AvgIpc) is 2.66. The lowest BCUT2D eigenvalue weighted by Gasteiger charge is -2.31. The van der Waals surface area contributed by atoms with Gasteiger partial charge in [-0.05, 0) is 18.9 Å². The van der Waals surface area contributed by atoms with Gasteiger partial charge in [0.25, 0.3) is 0 Å². The number of fused-ring (bicyclic) bond motifs is 3. The Labute approximate surface area is 92.2 Å². The minimum absolute atomic E-state index is 0.0359. The van der Waals surface area contributed by atoms with Crippen LogP contribution in [0.4, 0.5) is 11.5 Å². The van der Waals surface area contributed by atoms with Crippen LogP contribution in [0.5, 0.6) is 0 Å². The monoisotopic (exact) mass is 223 g/mol. The van der Waals surface area contributed by atoms with E-state index in [0.29, 0.717) is 5.02 Å². The first kappa shape index (κ1) is 8.97. The second-order valence-electron chi connectivity index (χ2n) is 3.87. The van der Waals surface area contributed by atoms with Crippen molar-refractivity contribution >= 4 is 29.0 Å². The Morgan fingerprint density at radius 3 is 3.33 bits per heavy atom. The highest BCUT2D eigenvalue weighted by atomic mass is 35.5. The minimum Gasteiger partial charge on any atom is -0.343 e. The van der Waals surface area contributed by atoms with Crippen LogP contribution in [0, 0.1) is 0 Å². The standard InChI is InChI=1S/C10H10ClN3O/c11-6-4-7-9(12-5-6)14-3-1-2-8(14)10(15)13-7/h4-5,8H,1-3H2,(H,13,15)/t8-/m1/s1. The summed E-state index contributed by atoms with van der Waals surface area (Å²) >= 11 is 5.83. The van der Waals surface area contributed by atoms with Gasteiger partial charge in [0.1, 0.15) is 6.04 Å². The molecule has 0 aliphatic carbocycles. The molecule has 0 bridgehead atoms. The number of hydrogen-bond donors (Lipinski definition) is 1. The number of amides is 1. The Kier molecular flexibility index (Phi) is 1.85. The van der Waals surface area contributed by atoms with E-state index in [0.717, 1.165) is 30.9 Å². The van der Waals surface area contributed by atoms with Crippen molar-refractivity contribution in [1.29, 1.82) is 0 Å². The zero-order valence-electron chi connectivity index (χ0n) is 8.03. The van der Waals surface area contributed by atoms with E-state index in [1.54, 1.807) is 12.3 Å². The molecule has 0 aromatic carbocycles. The van der Waals surface area contributed by atoms with Gasteiger partial charge >= 0.3 is 0 Å². The Balaban J connectivity index is 2.11. The summed E-state index contributed by atoms with van der Waals surface area (Å²) in [7, 11) is 0. The number of pyridine rings is 1. The SMILES string of the molecule is O=C1Nc2cc(Cl)cnc2N2CCC[C@H]12. The normalized spacial score (nSPS) is 23.4. The summed E-state index contributed by atoms with van der Waals surface area (Å²) in [6.45, 7) is 0.902. The molecular formula is C10H10ClN3O. The van der Waals surface area contributed by atoms with Crippen LogP contribution in [-0.2, 0) is 4.79 Å². The molecule has 4 nitrogen and oxygen atoms in total. The maximum atomic E-state index is 11.7. The Bertz CT molecular complexity index is 435. The van der Waals surface area contributed by atoms with Crippen molar-refractivity contribution in [1.82, 2.24) is 4.98 Å². The van der Waals surface area contributed by atoms with Crippen LogP contribution in [-0.4, -0.2) is 23.5 Å². The predicted molar refractivity (Wildman–Crippen MR) is 58.2 cm³/mol. The van der Waals surface area contributed by atoms with Crippen molar-refractivity contribution in [3.05, 3.63) is 17.3 Å². The molecule has 0 unspecified atom stereocenters. The zero-order valence-corrected chi connectivity index (χ0v) is 8.79. The molecule has 1 saturated heterocycles. The number of halogens is 1. The van der Waals surface area contributed by atoms with Crippen LogP contribution in [0.25, 0.3) is 0 Å². The number of hydrogen-bond acceptors (Lipinski definition) is 3. The number of carbonyl (C=O) groups excluding carboxylic acids is 1. The maximum absolute atomic E-state index is 11.7. The Morgan fingerprint density at radius 2 is 2.47 bits per heavy atom. The summed E-state index contributed by atoms with van der Waals surface area (Å²) in [5.41, 5.74) is 0.727. The van der Waals surface area contributed by atoms with Crippen LogP contribution < -0.4 is 10.2 Å². The van der Waals surface area contributed by atoms with Gasteiger partial charge in [-0.15, -0.1) is 0 Å². The summed E-state index contributed by atoms with van der Waals surface area (Å²) in [5, 5.41) is 3.39. The second-order valence-corrected chi connectivity index (χ2v) is 4.30. The van der Waals surface area contributed by atoms with E-state index in [2.05, 4.69) is 15.2 Å². The number of rotatable bonds is 0. The predicted octanol–water partition coefficient (Wildman–Crippen LogP) is 1.66. The van der Waals surface area contributed by atoms with Gasteiger partial charge in [-0.25, -0.2) is 4.98 Å². The average molecular weight is 224 g/mol. The first-order chi connectivity index (χ1) is 7.25. The van der Waals surface area contributed by atoms with E-state index in [-0.39, 0.29) is 11.9 Å². The molecule has 0 saturated carbocycles. The number of nitrogens with zero attached hydrogens (tertiary/aromatic N) is 2. The zero-order chi connectivity index (χ0) is 10.4. The molecule has 1 amide bonds. The summed E-state index contributed by atoms with van der Waals surface area (Å²) in [6, 6.07) is 1.71. The molecule has 1 fully saturated rings. The quantitative estimate of drug-likeness (QED) is 0.728. The van der Waals surface area contributed by atoms with Gasteiger partial charge in [-0.1, -0.05) is 11.6 Å².